The molecule has 1 amide bonds. The third kappa shape index (κ3) is 8.18. The van der Waals surface area contributed by atoms with Crippen LogP contribution in [0, 0.1) is 0 Å². The summed E-state index contributed by atoms with van der Waals surface area (Å²) < 4.78 is 22.9. The molecule has 0 aliphatic rings. The number of amides is 1. The van der Waals surface area contributed by atoms with E-state index in [0.29, 0.717) is 35.0 Å². The summed E-state index contributed by atoms with van der Waals surface area (Å²) in [5, 5.41) is 4.02. The number of nitrogens with zero attached hydrogens (tertiary/aromatic N) is 1. The summed E-state index contributed by atoms with van der Waals surface area (Å²) in [7, 11) is 1.55. The number of carbonyl (C=O) groups excluding carboxylic acids is 2. The van der Waals surface area contributed by atoms with Crippen molar-refractivity contribution in [1.29, 1.82) is 0 Å². The molecule has 8 nitrogen and oxygen atoms in total. The molecule has 0 aliphatic carbocycles. The fraction of sp³-hybridized carbons (Fsp3) is 0.129. The summed E-state index contributed by atoms with van der Waals surface area (Å²) in [4.78, 5) is 25.2. The van der Waals surface area contributed by atoms with Crippen LogP contribution in [0.2, 0.25) is 0 Å². The summed E-state index contributed by atoms with van der Waals surface area (Å²) in [6.07, 6.45) is 0.577. The molecule has 4 rings (SSSR count). The standard InChI is InChI=1S/C31H27BrN2O6/c1-21(39-28-15-13-27(14-16-28)38-20-22-6-4-3-5-7-22)30(35)34-33-19-24-18-25(32)10-17-29(24)40-31(36)23-8-11-26(37-2)12-9-23/h3-19,21H,20H2,1-2H3,(H,34,35)/b33-19-/t21-/m1/s1. The van der Waals surface area contributed by atoms with Crippen molar-refractivity contribution in [2.75, 3.05) is 7.11 Å². The molecule has 1 N–H and O–H groups in total. The predicted molar refractivity (Wildman–Crippen MR) is 155 cm³/mol. The summed E-state index contributed by atoms with van der Waals surface area (Å²) >= 11 is 3.40. The number of rotatable bonds is 11. The maximum absolute atomic E-state index is 12.6. The summed E-state index contributed by atoms with van der Waals surface area (Å²) in [5.74, 6) is 1.12. The van der Waals surface area contributed by atoms with Gasteiger partial charge in [-0.3, -0.25) is 4.79 Å². The van der Waals surface area contributed by atoms with Gasteiger partial charge in [-0.2, -0.15) is 5.10 Å². The molecule has 204 valence electrons. The number of hydrazone groups is 1. The van der Waals surface area contributed by atoms with Crippen LogP contribution in [0.1, 0.15) is 28.4 Å². The van der Waals surface area contributed by atoms with Crippen LogP contribution in [0.3, 0.4) is 0 Å². The highest BCUT2D eigenvalue weighted by Gasteiger charge is 2.15. The molecule has 0 radical (unpaired) electrons. The second-order valence-electron chi connectivity index (χ2n) is 8.54. The molecule has 0 spiro atoms. The van der Waals surface area contributed by atoms with Crippen LogP contribution in [0.5, 0.6) is 23.0 Å². The molecule has 9 heteroatoms. The average molecular weight is 603 g/mol. The van der Waals surface area contributed by atoms with Crippen molar-refractivity contribution in [2.24, 2.45) is 5.10 Å². The number of halogens is 1. The molecule has 0 aromatic heterocycles. The Hall–Kier alpha value is -4.63. The van der Waals surface area contributed by atoms with E-state index in [-0.39, 0.29) is 5.75 Å². The largest absolute Gasteiger partial charge is 0.497 e. The van der Waals surface area contributed by atoms with Gasteiger partial charge in [0.1, 0.15) is 29.6 Å². The van der Waals surface area contributed by atoms with Crippen molar-refractivity contribution >= 4 is 34.0 Å². The van der Waals surface area contributed by atoms with Gasteiger partial charge in [0.2, 0.25) is 0 Å². The van der Waals surface area contributed by atoms with Gasteiger partial charge in [0.25, 0.3) is 5.91 Å². The van der Waals surface area contributed by atoms with Crippen molar-refractivity contribution in [1.82, 2.24) is 5.43 Å². The number of carbonyl (C=O) groups is 2. The van der Waals surface area contributed by atoms with Crippen LogP contribution in [0.25, 0.3) is 0 Å². The first-order chi connectivity index (χ1) is 19.4. The molecule has 0 fully saturated rings. The van der Waals surface area contributed by atoms with Crippen molar-refractivity contribution in [2.45, 2.75) is 19.6 Å². The van der Waals surface area contributed by atoms with Gasteiger partial charge in [-0.1, -0.05) is 46.3 Å². The molecule has 40 heavy (non-hydrogen) atoms. The highest BCUT2D eigenvalue weighted by Crippen LogP contribution is 2.24. The first kappa shape index (κ1) is 28.4. The van der Waals surface area contributed by atoms with Gasteiger partial charge in [0.15, 0.2) is 6.10 Å². The van der Waals surface area contributed by atoms with Crippen LogP contribution in [0.15, 0.2) is 107 Å². The zero-order valence-corrected chi connectivity index (χ0v) is 23.5. The Morgan fingerprint density at radius 3 is 2.27 bits per heavy atom. The first-order valence-corrected chi connectivity index (χ1v) is 13.1. The molecule has 0 saturated heterocycles. The number of benzene rings is 4. The lowest BCUT2D eigenvalue weighted by atomic mass is 10.2. The number of hydrogen-bond acceptors (Lipinski definition) is 7. The second-order valence-corrected chi connectivity index (χ2v) is 9.46. The number of methoxy groups -OCH3 is 1. The van der Waals surface area contributed by atoms with Crippen molar-refractivity contribution in [3.8, 4) is 23.0 Å². The third-order valence-corrected chi connectivity index (χ3v) is 6.13. The Morgan fingerprint density at radius 1 is 0.900 bits per heavy atom. The van der Waals surface area contributed by atoms with E-state index in [1.54, 1.807) is 80.8 Å². The first-order valence-electron chi connectivity index (χ1n) is 12.3. The minimum atomic E-state index is -0.817. The third-order valence-electron chi connectivity index (χ3n) is 5.63. The number of nitrogens with one attached hydrogen (secondary N) is 1. The zero-order chi connectivity index (χ0) is 28.3. The quantitative estimate of drug-likeness (QED) is 0.0954. The van der Waals surface area contributed by atoms with Crippen LogP contribution < -0.4 is 24.4 Å². The zero-order valence-electron chi connectivity index (χ0n) is 21.9. The molecule has 0 bridgehead atoms. The topological polar surface area (TPSA) is 95.5 Å². The maximum atomic E-state index is 12.6. The Bertz CT molecular complexity index is 1460. The Labute approximate surface area is 240 Å². The highest BCUT2D eigenvalue weighted by atomic mass is 79.9. The molecular weight excluding hydrogens is 576 g/mol. The maximum Gasteiger partial charge on any atom is 0.343 e. The van der Waals surface area contributed by atoms with Crippen LogP contribution in [-0.4, -0.2) is 31.3 Å². The van der Waals surface area contributed by atoms with Crippen LogP contribution >= 0.6 is 15.9 Å². The highest BCUT2D eigenvalue weighted by molar-refractivity contribution is 9.10. The molecule has 0 heterocycles. The van der Waals surface area contributed by atoms with E-state index in [1.807, 2.05) is 30.3 Å². The van der Waals surface area contributed by atoms with E-state index in [2.05, 4.69) is 26.5 Å². The molecular formula is C31H27BrN2O6. The fourth-order valence-electron chi connectivity index (χ4n) is 3.47. The Morgan fingerprint density at radius 2 is 1.57 bits per heavy atom. The van der Waals surface area contributed by atoms with Gasteiger partial charge in [-0.05, 0) is 79.2 Å². The van der Waals surface area contributed by atoms with Gasteiger partial charge in [0.05, 0.1) is 18.9 Å². The van der Waals surface area contributed by atoms with Crippen LogP contribution in [-0.2, 0) is 11.4 Å². The molecule has 1 atom stereocenters. The van der Waals surface area contributed by atoms with E-state index in [0.717, 1.165) is 10.0 Å². The van der Waals surface area contributed by atoms with Crippen molar-refractivity contribution in [3.05, 3.63) is 118 Å². The molecule has 4 aromatic rings. The predicted octanol–water partition coefficient (Wildman–Crippen LogP) is 6.17. The lowest BCUT2D eigenvalue weighted by Gasteiger charge is -2.14. The van der Waals surface area contributed by atoms with Crippen molar-refractivity contribution in [3.63, 3.8) is 0 Å². The van der Waals surface area contributed by atoms with Gasteiger partial charge in [-0.25, -0.2) is 10.2 Å². The van der Waals surface area contributed by atoms with Gasteiger partial charge < -0.3 is 18.9 Å². The normalized spacial score (nSPS) is 11.5. The SMILES string of the molecule is COc1ccc(C(=O)Oc2ccc(Br)cc2/C=N\NC(=O)[C@@H](C)Oc2ccc(OCc3ccccc3)cc2)cc1. The van der Waals surface area contributed by atoms with E-state index >= 15 is 0 Å². The van der Waals surface area contributed by atoms with Crippen LogP contribution in [0.4, 0.5) is 0 Å². The van der Waals surface area contributed by atoms with E-state index in [1.165, 1.54) is 6.21 Å². The summed E-state index contributed by atoms with van der Waals surface area (Å²) in [6, 6.07) is 28.6. The number of ether oxygens (including phenoxy) is 4. The summed E-state index contributed by atoms with van der Waals surface area (Å²) in [5.41, 5.74) is 4.37. The van der Waals surface area contributed by atoms with E-state index in [9.17, 15) is 9.59 Å². The Balaban J connectivity index is 1.31. The average Bonchev–Trinajstić information content (AvgIpc) is 2.98. The fourth-order valence-corrected chi connectivity index (χ4v) is 3.85. The van der Waals surface area contributed by atoms with Gasteiger partial charge in [-0.15, -0.1) is 0 Å². The lowest BCUT2D eigenvalue weighted by molar-refractivity contribution is -0.127. The monoisotopic (exact) mass is 602 g/mol. The number of hydrogen-bond donors (Lipinski definition) is 1. The summed E-state index contributed by atoms with van der Waals surface area (Å²) in [6.45, 7) is 2.07. The van der Waals surface area contributed by atoms with Crippen molar-refractivity contribution < 1.29 is 28.5 Å². The minimum Gasteiger partial charge on any atom is -0.497 e. The van der Waals surface area contributed by atoms with E-state index < -0.39 is 18.0 Å². The smallest absolute Gasteiger partial charge is 0.343 e. The van der Waals surface area contributed by atoms with Gasteiger partial charge in [0, 0.05) is 10.0 Å². The molecule has 4 aromatic carbocycles. The van der Waals surface area contributed by atoms with E-state index in [4.69, 9.17) is 18.9 Å². The number of esters is 1. The lowest BCUT2D eigenvalue weighted by Crippen LogP contribution is -2.33. The second kappa shape index (κ2) is 14.0. The molecule has 0 aliphatic heterocycles. The molecule has 0 saturated carbocycles. The minimum absolute atomic E-state index is 0.279. The Kier molecular flexibility index (Phi) is 9.90. The molecule has 0 unspecified atom stereocenters. The van der Waals surface area contributed by atoms with Gasteiger partial charge >= 0.3 is 5.97 Å².